The highest BCUT2D eigenvalue weighted by Gasteiger charge is 2.45. The number of carbonyl (C=O) groups is 2. The van der Waals surface area contributed by atoms with Crippen molar-refractivity contribution in [1.29, 1.82) is 0 Å². The maximum absolute atomic E-state index is 15.1. The number of piperazine rings is 1. The van der Waals surface area contributed by atoms with Crippen molar-refractivity contribution in [1.82, 2.24) is 30.1 Å². The summed E-state index contributed by atoms with van der Waals surface area (Å²) in [6.07, 6.45) is 8.95. The summed E-state index contributed by atoms with van der Waals surface area (Å²) in [7, 11) is -2.40. The Balaban J connectivity index is 0.824. The van der Waals surface area contributed by atoms with Crippen LogP contribution in [0.5, 0.6) is 5.75 Å². The van der Waals surface area contributed by atoms with Gasteiger partial charge in [-0.15, -0.1) is 0 Å². The number of nitrogens with one attached hydrogen (secondary N) is 3. The molecular formula is C50H60BrF2N9O4P+. The van der Waals surface area contributed by atoms with Crippen molar-refractivity contribution >= 4 is 80.3 Å². The van der Waals surface area contributed by atoms with Crippen LogP contribution in [0.25, 0.3) is 10.9 Å². The number of ether oxygens (including phenoxy) is 1. The van der Waals surface area contributed by atoms with Gasteiger partial charge in [-0.25, -0.2) is 18.7 Å². The Bertz CT molecular complexity index is 2630. The smallest absolute Gasteiger partial charge is 0.234 e. The van der Waals surface area contributed by atoms with Crippen LogP contribution >= 0.6 is 23.4 Å². The molecule has 354 valence electrons. The second-order valence-electron chi connectivity index (χ2n) is 18.3. The van der Waals surface area contributed by atoms with Gasteiger partial charge in [0.25, 0.3) is 0 Å². The van der Waals surface area contributed by atoms with E-state index < -0.39 is 36.9 Å². The van der Waals surface area contributed by atoms with Crippen molar-refractivity contribution in [2.45, 2.75) is 84.1 Å². The van der Waals surface area contributed by atoms with E-state index in [1.165, 1.54) is 23.4 Å². The number of piperidine rings is 2. The predicted octanol–water partition coefficient (Wildman–Crippen LogP) is 8.52. The minimum Gasteiger partial charge on any atom is -0.492 e. The van der Waals surface area contributed by atoms with Crippen LogP contribution in [0, 0.1) is 18.6 Å². The van der Waals surface area contributed by atoms with Crippen molar-refractivity contribution in [2.75, 3.05) is 80.3 Å². The Morgan fingerprint density at radius 3 is 2.36 bits per heavy atom. The first-order valence-electron chi connectivity index (χ1n) is 23.8. The number of rotatable bonds is 14. The summed E-state index contributed by atoms with van der Waals surface area (Å²) in [4.78, 5) is 57.7. The first kappa shape index (κ1) is 47.2. The zero-order chi connectivity index (χ0) is 46.8. The number of carbonyl (C=O) groups excluding carboxylic acids is 2. The molecule has 0 saturated carbocycles. The molecule has 1 unspecified atom stereocenters. The minimum absolute atomic E-state index is 0.0667. The monoisotopic (exact) mass is 998 g/mol. The molecule has 67 heavy (non-hydrogen) atoms. The molecule has 6 heterocycles. The molecule has 5 aromatic rings. The third kappa shape index (κ3) is 10.3. The van der Waals surface area contributed by atoms with E-state index >= 15 is 8.78 Å². The van der Waals surface area contributed by atoms with Crippen molar-refractivity contribution in [3.63, 3.8) is 0 Å². The maximum atomic E-state index is 15.1. The molecule has 13 nitrogen and oxygen atoms in total. The summed E-state index contributed by atoms with van der Waals surface area (Å²) in [5.41, 5.74) is 6.15. The number of amides is 2. The molecular weight excluding hydrogens is 939 g/mol. The molecule has 1 atom stereocenters. The Morgan fingerprint density at radius 1 is 0.910 bits per heavy atom. The number of halogens is 3. The first-order chi connectivity index (χ1) is 32.4. The van der Waals surface area contributed by atoms with Gasteiger partial charge >= 0.3 is 0 Å². The highest BCUT2D eigenvalue weighted by atomic mass is 79.9. The molecule has 17 heteroatoms. The third-order valence-electron chi connectivity index (χ3n) is 14.0. The molecule has 4 N–H and O–H groups in total. The molecule has 4 aliphatic rings. The fraction of sp³-hybridized carbons (Fsp3) is 0.460. The first-order valence-corrected chi connectivity index (χ1v) is 26.7. The lowest BCUT2D eigenvalue weighted by atomic mass is 9.89. The Labute approximate surface area is 400 Å². The summed E-state index contributed by atoms with van der Waals surface area (Å²) in [5.74, 6) is -1.77. The number of imide groups is 1. The minimum atomic E-state index is -2.40. The van der Waals surface area contributed by atoms with Crippen LogP contribution in [0.2, 0.25) is 0 Å². The van der Waals surface area contributed by atoms with Gasteiger partial charge in [-0.2, -0.15) is 4.98 Å². The summed E-state index contributed by atoms with van der Waals surface area (Å²) >= 11 is 3.68. The molecule has 4 saturated heterocycles. The van der Waals surface area contributed by atoms with Gasteiger partial charge in [-0.1, -0.05) is 6.92 Å². The number of aromatic nitrogens is 3. The van der Waals surface area contributed by atoms with E-state index in [1.54, 1.807) is 6.20 Å². The van der Waals surface area contributed by atoms with Crippen molar-refractivity contribution < 1.29 is 28.0 Å². The van der Waals surface area contributed by atoms with E-state index in [1.807, 2.05) is 32.0 Å². The lowest BCUT2D eigenvalue weighted by Gasteiger charge is -2.43. The standard InChI is InChI=1S/C50H59BrF2N9O4P/c1-4-33-28-42(57-50-54-30-37(51)48(59-50)56-41-12-11-40-35(9-8-31(3)55-40)47(41)67(65)24-6-7-25-67)44(66-5-2)29-43(33)62-18-15-34(16-19-62)61-22-20-60(21-23-61)17-14-32-26-38(52)46(39(53)27-32)36-10-13-45(63)58-49(36)64/h8-9,11-12,26-30,34,36,65H,4-7,10,13-25H2,1-3H3,(H2-,54,56,57,58,59,63,64)/p+1. The molecule has 4 aliphatic heterocycles. The van der Waals surface area contributed by atoms with E-state index in [9.17, 15) is 14.5 Å². The van der Waals surface area contributed by atoms with Crippen LogP contribution in [0.15, 0.2) is 59.2 Å². The van der Waals surface area contributed by atoms with Gasteiger partial charge in [0.2, 0.25) is 17.8 Å². The van der Waals surface area contributed by atoms with Crippen LogP contribution in [-0.4, -0.2) is 112 Å². The van der Waals surface area contributed by atoms with Gasteiger partial charge in [0.15, 0.2) is 18.6 Å². The number of nitrogens with zero attached hydrogens (tertiary/aromatic N) is 6. The average molecular weight is 1000 g/mol. The van der Waals surface area contributed by atoms with Gasteiger partial charge in [0, 0.05) is 92.9 Å². The van der Waals surface area contributed by atoms with E-state index in [4.69, 9.17) is 14.7 Å². The molecule has 2 amide bonds. The van der Waals surface area contributed by atoms with Crippen molar-refractivity contribution in [2.24, 2.45) is 0 Å². The van der Waals surface area contributed by atoms with E-state index in [-0.39, 0.29) is 18.4 Å². The zero-order valence-electron chi connectivity index (χ0n) is 38.5. The number of anilines is 5. The largest absolute Gasteiger partial charge is 0.492 e. The molecule has 0 spiro atoms. The lowest BCUT2D eigenvalue weighted by molar-refractivity contribution is -0.134. The van der Waals surface area contributed by atoms with Crippen LogP contribution in [0.4, 0.5) is 37.6 Å². The van der Waals surface area contributed by atoms with Crippen molar-refractivity contribution in [3.8, 4) is 5.75 Å². The number of benzene rings is 3. The molecule has 0 bridgehead atoms. The van der Waals surface area contributed by atoms with E-state index in [0.29, 0.717) is 47.4 Å². The SMILES string of the molecule is CCOc1cc(N2CCC(N3CCN(CCc4cc(F)c(C5CCC(=O)NC5=O)c(F)c4)CC3)CC2)c(CC)cc1Nc1ncc(Br)c(Nc2ccc3nc(C)ccc3c2[P+]2(O)CCCC2)n1. The number of aryl methyl sites for hydroxylation is 2. The normalized spacial score (nSPS) is 19.5. The molecule has 0 aliphatic carbocycles. The van der Waals surface area contributed by atoms with Crippen LogP contribution in [-0.2, 0) is 22.4 Å². The number of pyridine rings is 1. The van der Waals surface area contributed by atoms with Crippen molar-refractivity contribution in [3.05, 3.63) is 93.2 Å². The van der Waals surface area contributed by atoms with Gasteiger partial charge < -0.3 is 25.2 Å². The fourth-order valence-corrected chi connectivity index (χ4v) is 14.1. The van der Waals surface area contributed by atoms with Gasteiger partial charge in [-0.05, 0) is 128 Å². The predicted molar refractivity (Wildman–Crippen MR) is 266 cm³/mol. The van der Waals surface area contributed by atoms with E-state index in [2.05, 4.69) is 76.7 Å². The van der Waals surface area contributed by atoms with E-state index in [0.717, 1.165) is 123 Å². The molecule has 2 aromatic heterocycles. The Hall–Kier alpha value is -4.86. The van der Waals surface area contributed by atoms with Crippen LogP contribution < -0.4 is 30.9 Å². The molecule has 4 fully saturated rings. The quantitative estimate of drug-likeness (QED) is 0.0625. The fourth-order valence-electron chi connectivity index (χ4n) is 10.4. The number of fused-ring (bicyclic) bond motifs is 1. The summed E-state index contributed by atoms with van der Waals surface area (Å²) in [6, 6.07) is 15.6. The second kappa shape index (κ2) is 20.4. The highest BCUT2D eigenvalue weighted by Crippen LogP contribution is 2.61. The van der Waals surface area contributed by atoms with Crippen LogP contribution in [0.1, 0.15) is 80.7 Å². The maximum Gasteiger partial charge on any atom is 0.234 e. The Morgan fingerprint density at radius 2 is 1.66 bits per heavy atom. The lowest BCUT2D eigenvalue weighted by Crippen LogP contribution is -2.53. The van der Waals surface area contributed by atoms with Crippen LogP contribution in [0.3, 0.4) is 0 Å². The third-order valence-corrected chi connectivity index (χ3v) is 18.0. The summed E-state index contributed by atoms with van der Waals surface area (Å²) in [6.45, 7) is 12.9. The zero-order valence-corrected chi connectivity index (χ0v) is 41.0. The second-order valence-corrected chi connectivity index (χ2v) is 22.3. The Kier molecular flexibility index (Phi) is 14.4. The highest BCUT2D eigenvalue weighted by molar-refractivity contribution is 9.10. The number of hydrogen-bond donors (Lipinski definition) is 4. The van der Waals surface area contributed by atoms with Gasteiger partial charge in [-0.3, -0.25) is 24.8 Å². The summed E-state index contributed by atoms with van der Waals surface area (Å²) < 4.78 is 37.3. The summed E-state index contributed by atoms with van der Waals surface area (Å²) in [5, 5.41) is 11.2. The van der Waals surface area contributed by atoms with Gasteiger partial charge in [0.05, 0.1) is 46.2 Å². The molecule has 9 rings (SSSR count). The topological polar surface area (TPSA) is 148 Å². The molecule has 3 aromatic carbocycles. The number of hydrogen-bond acceptors (Lipinski definition) is 12. The van der Waals surface area contributed by atoms with Gasteiger partial charge in [0.1, 0.15) is 17.4 Å². The molecule has 0 radical (unpaired) electrons. The average Bonchev–Trinajstić information content (AvgIpc) is 3.77.